The molecule has 1 aliphatic rings. The van der Waals surface area contributed by atoms with Gasteiger partial charge in [-0.3, -0.25) is 13.9 Å². The van der Waals surface area contributed by atoms with E-state index < -0.39 is 0 Å². The van der Waals surface area contributed by atoms with Crippen LogP contribution in [0.3, 0.4) is 0 Å². The fourth-order valence-electron chi connectivity index (χ4n) is 3.24. The SMILES string of the molecule is CCCc1nc2c(c(=O)n(C)c(=O)n2C)n1CC1CCCN1. The second-order valence-corrected chi connectivity index (χ2v) is 6.06. The van der Waals surface area contributed by atoms with E-state index in [9.17, 15) is 9.59 Å². The van der Waals surface area contributed by atoms with Crippen LogP contribution in [0.2, 0.25) is 0 Å². The third-order valence-corrected chi connectivity index (χ3v) is 4.47. The second-order valence-electron chi connectivity index (χ2n) is 6.06. The Morgan fingerprint density at radius 2 is 2.05 bits per heavy atom. The van der Waals surface area contributed by atoms with Gasteiger partial charge in [-0.2, -0.15) is 0 Å². The van der Waals surface area contributed by atoms with Crippen molar-refractivity contribution in [1.29, 1.82) is 0 Å². The Bertz CT molecular complexity index is 808. The lowest BCUT2D eigenvalue weighted by Gasteiger charge is -2.14. The van der Waals surface area contributed by atoms with Gasteiger partial charge in [-0.25, -0.2) is 9.78 Å². The topological polar surface area (TPSA) is 73.8 Å². The summed E-state index contributed by atoms with van der Waals surface area (Å²) >= 11 is 0. The van der Waals surface area contributed by atoms with Gasteiger partial charge in [0.05, 0.1) is 0 Å². The molecule has 1 atom stereocenters. The number of nitrogens with zero attached hydrogens (tertiary/aromatic N) is 4. The lowest BCUT2D eigenvalue weighted by atomic mass is 10.2. The van der Waals surface area contributed by atoms with E-state index in [1.807, 2.05) is 4.57 Å². The molecule has 120 valence electrons. The van der Waals surface area contributed by atoms with Gasteiger partial charge < -0.3 is 9.88 Å². The Kier molecular flexibility index (Phi) is 3.90. The molecule has 0 aliphatic carbocycles. The predicted octanol–water partition coefficient (Wildman–Crippen LogP) is 0.138. The maximum absolute atomic E-state index is 12.6. The van der Waals surface area contributed by atoms with Crippen LogP contribution in [0.1, 0.15) is 32.0 Å². The average molecular weight is 305 g/mol. The molecule has 1 fully saturated rings. The van der Waals surface area contributed by atoms with Crippen molar-refractivity contribution in [3.63, 3.8) is 0 Å². The van der Waals surface area contributed by atoms with Crippen molar-refractivity contribution in [3.8, 4) is 0 Å². The van der Waals surface area contributed by atoms with Crippen LogP contribution >= 0.6 is 0 Å². The summed E-state index contributed by atoms with van der Waals surface area (Å²) in [6.45, 7) is 3.85. The molecule has 7 nitrogen and oxygen atoms in total. The Hall–Kier alpha value is -1.89. The molecule has 0 radical (unpaired) electrons. The molecule has 0 aromatic carbocycles. The monoisotopic (exact) mass is 305 g/mol. The Balaban J connectivity index is 2.24. The van der Waals surface area contributed by atoms with Gasteiger partial charge in [0, 0.05) is 33.1 Å². The number of aromatic nitrogens is 4. The minimum absolute atomic E-state index is 0.258. The normalized spacial score (nSPS) is 18.4. The molecule has 1 aliphatic heterocycles. The van der Waals surface area contributed by atoms with Crippen molar-refractivity contribution >= 4 is 11.2 Å². The molecular weight excluding hydrogens is 282 g/mol. The first-order valence-electron chi connectivity index (χ1n) is 7.93. The maximum Gasteiger partial charge on any atom is 0.332 e. The van der Waals surface area contributed by atoms with E-state index >= 15 is 0 Å². The molecule has 1 unspecified atom stereocenters. The summed E-state index contributed by atoms with van der Waals surface area (Å²) in [6.07, 6.45) is 4.03. The van der Waals surface area contributed by atoms with Crippen LogP contribution in [0.25, 0.3) is 11.2 Å². The van der Waals surface area contributed by atoms with Crippen LogP contribution in [0, 0.1) is 0 Å². The number of rotatable bonds is 4. The molecule has 3 heterocycles. The van der Waals surface area contributed by atoms with E-state index in [0.29, 0.717) is 17.2 Å². The molecular formula is C15H23N5O2. The van der Waals surface area contributed by atoms with Gasteiger partial charge in [0.2, 0.25) is 0 Å². The van der Waals surface area contributed by atoms with Gasteiger partial charge >= 0.3 is 5.69 Å². The van der Waals surface area contributed by atoms with Crippen molar-refractivity contribution in [2.24, 2.45) is 14.1 Å². The fraction of sp³-hybridized carbons (Fsp3) is 0.667. The largest absolute Gasteiger partial charge is 0.332 e. The molecule has 0 bridgehead atoms. The lowest BCUT2D eigenvalue weighted by molar-refractivity contribution is 0.502. The number of aryl methyl sites for hydroxylation is 2. The third-order valence-electron chi connectivity index (χ3n) is 4.47. The highest BCUT2D eigenvalue weighted by Crippen LogP contribution is 2.16. The van der Waals surface area contributed by atoms with Gasteiger partial charge in [0.25, 0.3) is 5.56 Å². The van der Waals surface area contributed by atoms with E-state index in [1.54, 1.807) is 7.05 Å². The predicted molar refractivity (Wildman–Crippen MR) is 85.2 cm³/mol. The van der Waals surface area contributed by atoms with E-state index in [4.69, 9.17) is 0 Å². The summed E-state index contributed by atoms with van der Waals surface area (Å²) in [4.78, 5) is 29.3. The Morgan fingerprint density at radius 1 is 1.27 bits per heavy atom. The summed E-state index contributed by atoms with van der Waals surface area (Å²) in [6, 6.07) is 0.370. The van der Waals surface area contributed by atoms with Crippen molar-refractivity contribution in [2.75, 3.05) is 6.54 Å². The van der Waals surface area contributed by atoms with E-state index in [0.717, 1.165) is 49.2 Å². The van der Waals surface area contributed by atoms with Crippen LogP contribution in [0.15, 0.2) is 9.59 Å². The van der Waals surface area contributed by atoms with Gasteiger partial charge in [-0.15, -0.1) is 0 Å². The summed E-state index contributed by atoms with van der Waals surface area (Å²) in [5.74, 6) is 0.893. The summed E-state index contributed by atoms with van der Waals surface area (Å²) in [5, 5.41) is 3.46. The van der Waals surface area contributed by atoms with Crippen molar-refractivity contribution in [1.82, 2.24) is 24.0 Å². The fourth-order valence-corrected chi connectivity index (χ4v) is 3.24. The lowest BCUT2D eigenvalue weighted by Crippen LogP contribution is -2.38. The van der Waals surface area contributed by atoms with Crippen LogP contribution < -0.4 is 16.6 Å². The molecule has 3 rings (SSSR count). The molecule has 2 aromatic heterocycles. The summed E-state index contributed by atoms with van der Waals surface area (Å²) in [7, 11) is 3.19. The maximum atomic E-state index is 12.6. The first kappa shape index (κ1) is 15.0. The summed E-state index contributed by atoms with van der Waals surface area (Å²) < 4.78 is 4.65. The number of fused-ring (bicyclic) bond motifs is 1. The van der Waals surface area contributed by atoms with Crippen LogP contribution in [-0.4, -0.2) is 31.3 Å². The molecule has 0 saturated carbocycles. The van der Waals surface area contributed by atoms with Gasteiger partial charge in [-0.1, -0.05) is 6.92 Å². The molecule has 7 heteroatoms. The van der Waals surface area contributed by atoms with Gasteiger partial charge in [0.1, 0.15) is 5.82 Å². The molecule has 1 saturated heterocycles. The second kappa shape index (κ2) is 5.72. The van der Waals surface area contributed by atoms with Gasteiger partial charge in [0.15, 0.2) is 11.2 Å². The molecule has 1 N–H and O–H groups in total. The molecule has 2 aromatic rings. The zero-order chi connectivity index (χ0) is 15.9. The van der Waals surface area contributed by atoms with Gasteiger partial charge in [-0.05, 0) is 25.8 Å². The van der Waals surface area contributed by atoms with E-state index in [-0.39, 0.29) is 11.2 Å². The van der Waals surface area contributed by atoms with Crippen LogP contribution in [0.4, 0.5) is 0 Å². The highest BCUT2D eigenvalue weighted by molar-refractivity contribution is 5.71. The van der Waals surface area contributed by atoms with Crippen molar-refractivity contribution in [3.05, 3.63) is 26.7 Å². The average Bonchev–Trinajstić information content (AvgIpc) is 3.13. The quantitative estimate of drug-likeness (QED) is 0.872. The van der Waals surface area contributed by atoms with Crippen LogP contribution in [0.5, 0.6) is 0 Å². The standard InChI is InChI=1S/C15H23N5O2/c1-4-6-11-17-13-12(14(21)19(3)15(22)18(13)2)20(11)9-10-7-5-8-16-10/h10,16H,4-9H2,1-3H3. The highest BCUT2D eigenvalue weighted by Gasteiger charge is 2.22. The Labute approximate surface area is 128 Å². The minimum atomic E-state index is -0.329. The van der Waals surface area contributed by atoms with Crippen molar-refractivity contribution in [2.45, 2.75) is 45.2 Å². The van der Waals surface area contributed by atoms with E-state index in [1.165, 1.54) is 11.6 Å². The van der Waals surface area contributed by atoms with E-state index in [2.05, 4.69) is 17.2 Å². The zero-order valence-corrected chi connectivity index (χ0v) is 13.4. The number of imidazole rings is 1. The molecule has 22 heavy (non-hydrogen) atoms. The highest BCUT2D eigenvalue weighted by atomic mass is 16.2. The first-order valence-corrected chi connectivity index (χ1v) is 7.93. The number of nitrogens with one attached hydrogen (secondary N) is 1. The summed E-state index contributed by atoms with van der Waals surface area (Å²) in [5.41, 5.74) is 0.450. The van der Waals surface area contributed by atoms with Crippen molar-refractivity contribution < 1.29 is 0 Å². The Morgan fingerprint density at radius 3 is 2.68 bits per heavy atom. The number of hydrogen-bond donors (Lipinski definition) is 1. The molecule has 0 spiro atoms. The number of hydrogen-bond acceptors (Lipinski definition) is 4. The first-order chi connectivity index (χ1) is 10.5. The zero-order valence-electron chi connectivity index (χ0n) is 13.4. The van der Waals surface area contributed by atoms with Crippen LogP contribution in [-0.2, 0) is 27.1 Å². The smallest absolute Gasteiger partial charge is 0.321 e. The molecule has 0 amide bonds. The minimum Gasteiger partial charge on any atom is -0.321 e. The third kappa shape index (κ3) is 2.29.